The third-order valence-electron chi connectivity index (χ3n) is 1.23. The zero-order valence-electron chi connectivity index (χ0n) is 6.63. The Hall–Kier alpha value is -1.31. The van der Waals surface area contributed by atoms with E-state index in [-0.39, 0.29) is 5.57 Å². The highest BCUT2D eigenvalue weighted by Gasteiger charge is 2.06. The van der Waals surface area contributed by atoms with E-state index >= 15 is 0 Å². The van der Waals surface area contributed by atoms with Crippen LogP contribution in [0.1, 0.15) is 13.3 Å². The maximum absolute atomic E-state index is 10.5. The van der Waals surface area contributed by atoms with Gasteiger partial charge in [0.2, 0.25) is 0 Å². The first-order valence-corrected chi connectivity index (χ1v) is 3.38. The van der Waals surface area contributed by atoms with Crippen molar-refractivity contribution in [3.8, 4) is 0 Å². The molecule has 0 bridgehead atoms. The zero-order valence-corrected chi connectivity index (χ0v) is 6.63. The summed E-state index contributed by atoms with van der Waals surface area (Å²) in [6, 6.07) is 0. The standard InChI is InChI=1S/C9H12O2/c1-4-6-8(9(10)11)7(3)5-2/h5-6H,2-4H2,1H3,(H,10,11). The molecule has 0 radical (unpaired) electrons. The lowest BCUT2D eigenvalue weighted by Gasteiger charge is -1.99. The zero-order chi connectivity index (χ0) is 8.85. The number of carboxylic acids is 1. The molecule has 0 aliphatic rings. The molecule has 0 heterocycles. The summed E-state index contributed by atoms with van der Waals surface area (Å²) >= 11 is 0. The Balaban J connectivity index is 4.61. The first-order chi connectivity index (χ1) is 5.13. The van der Waals surface area contributed by atoms with Crippen LogP contribution in [-0.2, 0) is 4.79 Å². The summed E-state index contributed by atoms with van der Waals surface area (Å²) in [6.45, 7) is 8.86. The Kier molecular flexibility index (Phi) is 3.96. The Morgan fingerprint density at radius 3 is 2.45 bits per heavy atom. The molecule has 0 atom stereocenters. The van der Waals surface area contributed by atoms with Crippen LogP contribution in [0.25, 0.3) is 0 Å². The minimum Gasteiger partial charge on any atom is -0.478 e. The molecule has 0 unspecified atom stereocenters. The van der Waals surface area contributed by atoms with Crippen LogP contribution in [0.3, 0.4) is 0 Å². The van der Waals surface area contributed by atoms with E-state index < -0.39 is 5.97 Å². The fraction of sp³-hybridized carbons (Fsp3) is 0.222. The maximum Gasteiger partial charge on any atom is 0.335 e. The van der Waals surface area contributed by atoms with Gasteiger partial charge in [0, 0.05) is 0 Å². The smallest absolute Gasteiger partial charge is 0.335 e. The molecule has 2 heteroatoms. The minimum atomic E-state index is -0.947. The molecule has 0 saturated heterocycles. The maximum atomic E-state index is 10.5. The molecule has 0 aliphatic heterocycles. The fourth-order valence-electron chi connectivity index (χ4n) is 0.670. The second-order valence-electron chi connectivity index (χ2n) is 2.06. The lowest BCUT2D eigenvalue weighted by Crippen LogP contribution is -2.01. The molecule has 60 valence electrons. The van der Waals surface area contributed by atoms with Crippen molar-refractivity contribution in [2.45, 2.75) is 13.3 Å². The van der Waals surface area contributed by atoms with Crippen molar-refractivity contribution in [3.05, 3.63) is 36.5 Å². The first-order valence-electron chi connectivity index (χ1n) is 3.38. The highest BCUT2D eigenvalue weighted by molar-refractivity contribution is 5.92. The van der Waals surface area contributed by atoms with Gasteiger partial charge in [-0.05, 0) is 12.0 Å². The van der Waals surface area contributed by atoms with E-state index in [9.17, 15) is 4.79 Å². The van der Waals surface area contributed by atoms with E-state index in [4.69, 9.17) is 5.11 Å². The molecule has 0 aromatic rings. The van der Waals surface area contributed by atoms with Crippen LogP contribution in [-0.4, -0.2) is 11.1 Å². The molecule has 0 spiro atoms. The summed E-state index contributed by atoms with van der Waals surface area (Å²) in [4.78, 5) is 10.5. The van der Waals surface area contributed by atoms with Gasteiger partial charge in [-0.1, -0.05) is 32.2 Å². The molecule has 0 aromatic carbocycles. The van der Waals surface area contributed by atoms with E-state index in [1.807, 2.05) is 6.92 Å². The molecule has 0 aromatic heterocycles. The van der Waals surface area contributed by atoms with Crippen LogP contribution < -0.4 is 0 Å². The molecular weight excluding hydrogens is 140 g/mol. The second-order valence-corrected chi connectivity index (χ2v) is 2.06. The normalized spacial score (nSPS) is 10.8. The van der Waals surface area contributed by atoms with Crippen molar-refractivity contribution in [2.24, 2.45) is 0 Å². The van der Waals surface area contributed by atoms with Gasteiger partial charge in [0.25, 0.3) is 0 Å². The summed E-state index contributed by atoms with van der Waals surface area (Å²) in [7, 11) is 0. The SMILES string of the molecule is C=CC(=C)C(=CCC)C(=O)O. The largest absolute Gasteiger partial charge is 0.478 e. The molecular formula is C9H12O2. The Morgan fingerprint density at radius 2 is 2.18 bits per heavy atom. The average Bonchev–Trinajstić information content (AvgIpc) is 1.98. The number of hydrogen-bond donors (Lipinski definition) is 1. The van der Waals surface area contributed by atoms with Crippen molar-refractivity contribution >= 4 is 5.97 Å². The van der Waals surface area contributed by atoms with Crippen LogP contribution >= 0.6 is 0 Å². The predicted octanol–water partition coefficient (Wildman–Crippen LogP) is 2.15. The highest BCUT2D eigenvalue weighted by Crippen LogP contribution is 2.09. The van der Waals surface area contributed by atoms with Gasteiger partial charge in [-0.25, -0.2) is 4.79 Å². The number of allylic oxidation sites excluding steroid dienone is 2. The number of carboxylic acid groups (broad SMARTS) is 1. The van der Waals surface area contributed by atoms with Crippen molar-refractivity contribution in [3.63, 3.8) is 0 Å². The van der Waals surface area contributed by atoms with Crippen LogP contribution in [0.4, 0.5) is 0 Å². The monoisotopic (exact) mass is 152 g/mol. The fourth-order valence-corrected chi connectivity index (χ4v) is 0.670. The lowest BCUT2D eigenvalue weighted by atomic mass is 10.1. The molecule has 1 N–H and O–H groups in total. The lowest BCUT2D eigenvalue weighted by molar-refractivity contribution is -0.132. The van der Waals surface area contributed by atoms with Gasteiger partial charge in [-0.2, -0.15) is 0 Å². The second kappa shape index (κ2) is 4.50. The van der Waals surface area contributed by atoms with Gasteiger partial charge in [0.1, 0.15) is 0 Å². The minimum absolute atomic E-state index is 0.238. The number of aliphatic carboxylic acids is 1. The molecule has 0 amide bonds. The summed E-state index contributed by atoms with van der Waals surface area (Å²) in [5.74, 6) is -0.947. The van der Waals surface area contributed by atoms with E-state index in [1.54, 1.807) is 6.08 Å². The van der Waals surface area contributed by atoms with Crippen LogP contribution in [0.15, 0.2) is 36.5 Å². The molecule has 0 fully saturated rings. The Bertz CT molecular complexity index is 212. The number of hydrogen-bond acceptors (Lipinski definition) is 1. The van der Waals surface area contributed by atoms with Gasteiger partial charge in [-0.3, -0.25) is 0 Å². The molecule has 0 rings (SSSR count). The van der Waals surface area contributed by atoms with Crippen molar-refractivity contribution in [1.82, 2.24) is 0 Å². The summed E-state index contributed by atoms with van der Waals surface area (Å²) in [5, 5.41) is 8.63. The van der Waals surface area contributed by atoms with Gasteiger partial charge in [0.05, 0.1) is 5.57 Å². The summed E-state index contributed by atoms with van der Waals surface area (Å²) < 4.78 is 0. The number of rotatable bonds is 4. The van der Waals surface area contributed by atoms with E-state index in [1.165, 1.54) is 6.08 Å². The van der Waals surface area contributed by atoms with Crippen LogP contribution in [0, 0.1) is 0 Å². The molecule has 0 aliphatic carbocycles. The topological polar surface area (TPSA) is 37.3 Å². The van der Waals surface area contributed by atoms with Gasteiger partial charge in [0.15, 0.2) is 0 Å². The molecule has 2 nitrogen and oxygen atoms in total. The highest BCUT2D eigenvalue weighted by atomic mass is 16.4. The van der Waals surface area contributed by atoms with E-state index in [2.05, 4.69) is 13.2 Å². The van der Waals surface area contributed by atoms with Crippen LogP contribution in [0.2, 0.25) is 0 Å². The van der Waals surface area contributed by atoms with Gasteiger partial charge in [-0.15, -0.1) is 0 Å². The van der Waals surface area contributed by atoms with Gasteiger partial charge < -0.3 is 5.11 Å². The average molecular weight is 152 g/mol. The van der Waals surface area contributed by atoms with Crippen molar-refractivity contribution in [2.75, 3.05) is 0 Å². The van der Waals surface area contributed by atoms with Crippen LogP contribution in [0.5, 0.6) is 0 Å². The quantitative estimate of drug-likeness (QED) is 0.495. The molecule has 11 heavy (non-hydrogen) atoms. The summed E-state index contributed by atoms with van der Waals surface area (Å²) in [5.41, 5.74) is 0.696. The number of carbonyl (C=O) groups is 1. The first kappa shape index (κ1) is 9.69. The van der Waals surface area contributed by atoms with Gasteiger partial charge >= 0.3 is 5.97 Å². The predicted molar refractivity (Wildman–Crippen MR) is 45.3 cm³/mol. The van der Waals surface area contributed by atoms with Crippen molar-refractivity contribution < 1.29 is 9.90 Å². The Morgan fingerprint density at radius 1 is 1.64 bits per heavy atom. The van der Waals surface area contributed by atoms with E-state index in [0.29, 0.717) is 12.0 Å². The molecule has 0 saturated carbocycles. The van der Waals surface area contributed by atoms with E-state index in [0.717, 1.165) is 0 Å². The Labute approximate surface area is 66.5 Å². The third kappa shape index (κ3) is 2.85. The third-order valence-corrected chi connectivity index (χ3v) is 1.23. The van der Waals surface area contributed by atoms with Crippen molar-refractivity contribution in [1.29, 1.82) is 0 Å². The summed E-state index contributed by atoms with van der Waals surface area (Å²) in [6.07, 6.45) is 3.75.